The van der Waals surface area contributed by atoms with E-state index in [2.05, 4.69) is 17.3 Å². The van der Waals surface area contributed by atoms with Crippen molar-refractivity contribution < 1.29 is 9.53 Å². The van der Waals surface area contributed by atoms with E-state index >= 15 is 0 Å². The maximum atomic E-state index is 11.7. The summed E-state index contributed by atoms with van der Waals surface area (Å²) in [6.07, 6.45) is 1.02. The Morgan fingerprint density at radius 3 is 2.94 bits per heavy atom. The Morgan fingerprint density at radius 1 is 1.50 bits per heavy atom. The highest BCUT2D eigenvalue weighted by Crippen LogP contribution is 2.15. The summed E-state index contributed by atoms with van der Waals surface area (Å²) in [7, 11) is 2.07. The third-order valence-corrected chi connectivity index (χ3v) is 3.21. The summed E-state index contributed by atoms with van der Waals surface area (Å²) in [6, 6.07) is 7.98. The summed E-state index contributed by atoms with van der Waals surface area (Å²) in [4.78, 5) is 14.0. The molecule has 1 amide bonds. The Balaban J connectivity index is 1.77. The number of nitrogens with zero attached hydrogens (tertiary/aromatic N) is 1. The van der Waals surface area contributed by atoms with Gasteiger partial charge < -0.3 is 15.0 Å². The second-order valence-corrected chi connectivity index (χ2v) is 4.87. The molecule has 0 bridgehead atoms. The van der Waals surface area contributed by atoms with Crippen molar-refractivity contribution in [2.75, 3.05) is 26.7 Å². The van der Waals surface area contributed by atoms with Crippen LogP contribution in [-0.2, 0) is 4.79 Å². The van der Waals surface area contributed by atoms with Gasteiger partial charge in [0.2, 0.25) is 0 Å². The smallest absolute Gasteiger partial charge is 0.258 e. The van der Waals surface area contributed by atoms with E-state index in [9.17, 15) is 4.79 Å². The van der Waals surface area contributed by atoms with Crippen LogP contribution in [0.4, 0.5) is 0 Å². The molecular weight excluding hydrogens is 228 g/mol. The van der Waals surface area contributed by atoms with Crippen LogP contribution in [0.15, 0.2) is 24.3 Å². The van der Waals surface area contributed by atoms with Crippen LogP contribution in [0.3, 0.4) is 0 Å². The van der Waals surface area contributed by atoms with E-state index < -0.39 is 0 Å². The van der Waals surface area contributed by atoms with Crippen LogP contribution < -0.4 is 10.1 Å². The van der Waals surface area contributed by atoms with E-state index in [-0.39, 0.29) is 18.6 Å². The fourth-order valence-electron chi connectivity index (χ4n) is 2.18. The minimum absolute atomic E-state index is 0.0430. The number of likely N-dealkylation sites (N-methyl/N-ethyl adjacent to an activating group) is 1. The van der Waals surface area contributed by atoms with Crippen LogP contribution >= 0.6 is 0 Å². The third kappa shape index (κ3) is 3.47. The lowest BCUT2D eigenvalue weighted by Crippen LogP contribution is -2.39. The van der Waals surface area contributed by atoms with Gasteiger partial charge in [-0.2, -0.15) is 0 Å². The maximum absolute atomic E-state index is 11.7. The molecule has 4 heteroatoms. The van der Waals surface area contributed by atoms with Crippen molar-refractivity contribution in [1.82, 2.24) is 10.2 Å². The van der Waals surface area contributed by atoms with Gasteiger partial charge in [0.05, 0.1) is 0 Å². The fraction of sp³-hybridized carbons (Fsp3) is 0.500. The molecule has 98 valence electrons. The Morgan fingerprint density at radius 2 is 2.28 bits per heavy atom. The SMILES string of the molecule is Cc1ccccc1OCC(=O)NC1CCN(C)C1. The Hall–Kier alpha value is -1.55. The molecule has 1 saturated heterocycles. The summed E-state index contributed by atoms with van der Waals surface area (Å²) >= 11 is 0. The number of hydrogen-bond donors (Lipinski definition) is 1. The van der Waals surface area contributed by atoms with Crippen LogP contribution in [0.5, 0.6) is 5.75 Å². The van der Waals surface area contributed by atoms with Crippen LogP contribution in [0.1, 0.15) is 12.0 Å². The van der Waals surface area contributed by atoms with Crippen LogP contribution in [0.2, 0.25) is 0 Å². The van der Waals surface area contributed by atoms with Crippen molar-refractivity contribution in [2.24, 2.45) is 0 Å². The highest BCUT2D eigenvalue weighted by molar-refractivity contribution is 5.77. The average molecular weight is 248 g/mol. The number of carbonyl (C=O) groups excluding carboxylic acids is 1. The Kier molecular flexibility index (Phi) is 4.20. The number of amides is 1. The largest absolute Gasteiger partial charge is 0.484 e. The Bertz CT molecular complexity index is 420. The molecule has 2 rings (SSSR count). The molecule has 0 radical (unpaired) electrons. The number of carbonyl (C=O) groups is 1. The van der Waals surface area contributed by atoms with Gasteiger partial charge in [-0.15, -0.1) is 0 Å². The minimum atomic E-state index is -0.0430. The Labute approximate surface area is 108 Å². The monoisotopic (exact) mass is 248 g/mol. The first-order valence-electron chi connectivity index (χ1n) is 6.31. The van der Waals surface area contributed by atoms with Crippen molar-refractivity contribution in [1.29, 1.82) is 0 Å². The average Bonchev–Trinajstić information content (AvgIpc) is 2.74. The lowest BCUT2D eigenvalue weighted by molar-refractivity contribution is -0.123. The van der Waals surface area contributed by atoms with E-state index in [1.165, 1.54) is 0 Å². The first kappa shape index (κ1) is 12.9. The van der Waals surface area contributed by atoms with Gasteiger partial charge in [-0.1, -0.05) is 18.2 Å². The molecule has 1 aromatic rings. The predicted molar refractivity (Wildman–Crippen MR) is 70.7 cm³/mol. The number of nitrogens with one attached hydrogen (secondary N) is 1. The number of para-hydroxylation sites is 1. The molecule has 1 aromatic carbocycles. The van der Waals surface area contributed by atoms with Gasteiger partial charge in [0, 0.05) is 12.6 Å². The molecule has 1 unspecified atom stereocenters. The molecular formula is C14H20N2O2. The van der Waals surface area contributed by atoms with Gasteiger partial charge in [0.25, 0.3) is 5.91 Å². The second-order valence-electron chi connectivity index (χ2n) is 4.87. The van der Waals surface area contributed by atoms with E-state index in [4.69, 9.17) is 4.74 Å². The number of ether oxygens (including phenoxy) is 1. The molecule has 1 atom stereocenters. The molecule has 1 aliphatic heterocycles. The second kappa shape index (κ2) is 5.87. The zero-order valence-corrected chi connectivity index (χ0v) is 11.0. The van der Waals surface area contributed by atoms with Crippen LogP contribution in [-0.4, -0.2) is 43.6 Å². The topological polar surface area (TPSA) is 41.6 Å². The van der Waals surface area contributed by atoms with Gasteiger partial charge in [-0.3, -0.25) is 4.79 Å². The number of aryl methyl sites for hydroxylation is 1. The van der Waals surface area contributed by atoms with Gasteiger partial charge in [0.15, 0.2) is 6.61 Å². The van der Waals surface area contributed by atoms with E-state index in [0.717, 1.165) is 30.8 Å². The standard InChI is InChI=1S/C14H20N2O2/c1-11-5-3-4-6-13(11)18-10-14(17)15-12-7-8-16(2)9-12/h3-6,12H,7-10H2,1-2H3,(H,15,17). The third-order valence-electron chi connectivity index (χ3n) is 3.21. The molecule has 1 fully saturated rings. The highest BCUT2D eigenvalue weighted by atomic mass is 16.5. The van der Waals surface area contributed by atoms with E-state index in [0.29, 0.717) is 0 Å². The van der Waals surface area contributed by atoms with Crippen LogP contribution in [0.25, 0.3) is 0 Å². The number of likely N-dealkylation sites (tertiary alicyclic amines) is 1. The molecule has 1 heterocycles. The number of benzene rings is 1. The lowest BCUT2D eigenvalue weighted by Gasteiger charge is -2.14. The molecule has 4 nitrogen and oxygen atoms in total. The first-order chi connectivity index (χ1) is 8.65. The highest BCUT2D eigenvalue weighted by Gasteiger charge is 2.20. The van der Waals surface area contributed by atoms with Crippen molar-refractivity contribution in [2.45, 2.75) is 19.4 Å². The maximum Gasteiger partial charge on any atom is 0.258 e. The number of rotatable bonds is 4. The molecule has 0 aliphatic carbocycles. The van der Waals surface area contributed by atoms with Gasteiger partial charge in [-0.25, -0.2) is 0 Å². The first-order valence-corrected chi connectivity index (χ1v) is 6.31. The molecule has 1 N–H and O–H groups in total. The minimum Gasteiger partial charge on any atom is -0.484 e. The summed E-state index contributed by atoms with van der Waals surface area (Å²) in [5, 5.41) is 2.99. The zero-order chi connectivity index (χ0) is 13.0. The predicted octanol–water partition coefficient (Wildman–Crippen LogP) is 1.19. The summed E-state index contributed by atoms with van der Waals surface area (Å²) in [6.45, 7) is 4.03. The molecule has 18 heavy (non-hydrogen) atoms. The number of hydrogen-bond acceptors (Lipinski definition) is 3. The summed E-state index contributed by atoms with van der Waals surface area (Å²) < 4.78 is 5.51. The molecule has 1 aliphatic rings. The van der Waals surface area contributed by atoms with Crippen molar-refractivity contribution in [3.63, 3.8) is 0 Å². The van der Waals surface area contributed by atoms with E-state index in [1.807, 2.05) is 31.2 Å². The quantitative estimate of drug-likeness (QED) is 0.870. The molecule has 0 aromatic heterocycles. The van der Waals surface area contributed by atoms with Gasteiger partial charge in [0.1, 0.15) is 5.75 Å². The normalized spacial score (nSPS) is 19.8. The molecule has 0 spiro atoms. The van der Waals surface area contributed by atoms with Crippen molar-refractivity contribution in [3.8, 4) is 5.75 Å². The van der Waals surface area contributed by atoms with E-state index in [1.54, 1.807) is 0 Å². The summed E-state index contributed by atoms with van der Waals surface area (Å²) in [5.74, 6) is 0.731. The van der Waals surface area contributed by atoms with Crippen molar-refractivity contribution in [3.05, 3.63) is 29.8 Å². The van der Waals surface area contributed by atoms with Gasteiger partial charge >= 0.3 is 0 Å². The van der Waals surface area contributed by atoms with Crippen molar-refractivity contribution >= 4 is 5.91 Å². The molecule has 0 saturated carbocycles. The van der Waals surface area contributed by atoms with Crippen LogP contribution in [0, 0.1) is 6.92 Å². The van der Waals surface area contributed by atoms with Gasteiger partial charge in [-0.05, 0) is 38.6 Å². The summed E-state index contributed by atoms with van der Waals surface area (Å²) in [5.41, 5.74) is 1.05. The fourth-order valence-corrected chi connectivity index (χ4v) is 2.18. The lowest BCUT2D eigenvalue weighted by atomic mass is 10.2. The zero-order valence-electron chi connectivity index (χ0n) is 11.0.